The smallest absolute Gasteiger partial charge is 0.273 e. The quantitative estimate of drug-likeness (QED) is 0.822. The molecule has 1 aromatic heterocycles. The number of halogens is 1. The van der Waals surface area contributed by atoms with Crippen molar-refractivity contribution >= 4 is 5.91 Å². The number of carbonyl (C=O) groups is 1. The zero-order chi connectivity index (χ0) is 16.8. The Kier molecular flexibility index (Phi) is 5.87. The Hall–Kier alpha value is -2.21. The van der Waals surface area contributed by atoms with Crippen LogP contribution in [0.4, 0.5) is 4.39 Å². The van der Waals surface area contributed by atoms with E-state index in [2.05, 4.69) is 24.1 Å². The van der Waals surface area contributed by atoms with Gasteiger partial charge in [0, 0.05) is 6.54 Å². The predicted octanol–water partition coefficient (Wildman–Crippen LogP) is 2.83. The summed E-state index contributed by atoms with van der Waals surface area (Å²) < 4.78 is 18.1. The van der Waals surface area contributed by atoms with Crippen LogP contribution in [0.25, 0.3) is 0 Å². The van der Waals surface area contributed by atoms with Crippen LogP contribution < -0.4 is 11.1 Å². The van der Waals surface area contributed by atoms with Crippen LogP contribution in [0.15, 0.2) is 34.9 Å². The summed E-state index contributed by atoms with van der Waals surface area (Å²) in [6.07, 6.45) is 2.68. The molecular weight excluding hydrogens is 297 g/mol. The summed E-state index contributed by atoms with van der Waals surface area (Å²) in [5.74, 6) is 0.219. The van der Waals surface area contributed by atoms with Gasteiger partial charge >= 0.3 is 0 Å². The molecule has 0 aliphatic carbocycles. The third-order valence-corrected chi connectivity index (χ3v) is 3.41. The maximum Gasteiger partial charge on any atom is 0.273 e. The highest BCUT2D eigenvalue weighted by molar-refractivity contribution is 5.91. The van der Waals surface area contributed by atoms with Gasteiger partial charge in [-0.2, -0.15) is 0 Å². The van der Waals surface area contributed by atoms with Gasteiger partial charge in [-0.15, -0.1) is 0 Å². The van der Waals surface area contributed by atoms with Crippen LogP contribution >= 0.6 is 0 Å². The van der Waals surface area contributed by atoms with Crippen molar-refractivity contribution in [2.24, 2.45) is 11.7 Å². The molecule has 6 heteroatoms. The lowest BCUT2D eigenvalue weighted by Gasteiger charge is -2.09. The third kappa shape index (κ3) is 5.17. The minimum atomic E-state index is -0.309. The second kappa shape index (κ2) is 7.87. The van der Waals surface area contributed by atoms with E-state index in [9.17, 15) is 9.18 Å². The van der Waals surface area contributed by atoms with Crippen molar-refractivity contribution in [3.05, 3.63) is 53.5 Å². The molecule has 1 amide bonds. The molecule has 2 aromatic rings. The van der Waals surface area contributed by atoms with E-state index in [1.165, 1.54) is 18.4 Å². The summed E-state index contributed by atoms with van der Waals surface area (Å²) in [6.45, 7) is 4.56. The Labute approximate surface area is 135 Å². The fourth-order valence-electron chi connectivity index (χ4n) is 2.23. The van der Waals surface area contributed by atoms with E-state index in [4.69, 9.17) is 10.2 Å². The number of nitrogens with two attached hydrogens (primary N) is 1. The molecule has 5 nitrogen and oxygen atoms in total. The van der Waals surface area contributed by atoms with Crippen LogP contribution in [0.3, 0.4) is 0 Å². The topological polar surface area (TPSA) is 81.1 Å². The number of nitrogens with one attached hydrogen (secondary N) is 1. The van der Waals surface area contributed by atoms with Crippen LogP contribution in [0, 0.1) is 11.7 Å². The lowest BCUT2D eigenvalue weighted by Crippen LogP contribution is -2.26. The molecule has 0 saturated heterocycles. The SMILES string of the molecule is CC(C)CC(N)c1nc(C(=O)NCCc2ccc(F)cc2)co1. The molecule has 0 saturated carbocycles. The minimum Gasteiger partial charge on any atom is -0.446 e. The lowest BCUT2D eigenvalue weighted by molar-refractivity contribution is 0.0949. The Morgan fingerprint density at radius 1 is 1.35 bits per heavy atom. The van der Waals surface area contributed by atoms with Gasteiger partial charge in [-0.25, -0.2) is 9.37 Å². The largest absolute Gasteiger partial charge is 0.446 e. The minimum absolute atomic E-state index is 0.221. The van der Waals surface area contributed by atoms with Crippen molar-refractivity contribution in [3.63, 3.8) is 0 Å². The monoisotopic (exact) mass is 319 g/mol. The third-order valence-electron chi connectivity index (χ3n) is 3.41. The first kappa shape index (κ1) is 17.1. The van der Waals surface area contributed by atoms with Gasteiger partial charge in [0.2, 0.25) is 5.89 Å². The van der Waals surface area contributed by atoms with Gasteiger partial charge in [-0.05, 0) is 36.5 Å². The summed E-state index contributed by atoms with van der Waals surface area (Å²) in [5, 5.41) is 2.76. The van der Waals surface area contributed by atoms with Crippen LogP contribution in [0.2, 0.25) is 0 Å². The molecule has 2 rings (SSSR count). The number of benzene rings is 1. The van der Waals surface area contributed by atoms with E-state index in [0.717, 1.165) is 12.0 Å². The Morgan fingerprint density at radius 3 is 2.70 bits per heavy atom. The molecule has 0 aliphatic heterocycles. The second-order valence-corrected chi connectivity index (χ2v) is 5.94. The molecule has 1 unspecified atom stereocenters. The fourth-order valence-corrected chi connectivity index (χ4v) is 2.23. The molecule has 124 valence electrons. The number of amides is 1. The van der Waals surface area contributed by atoms with Gasteiger partial charge in [-0.1, -0.05) is 26.0 Å². The maximum absolute atomic E-state index is 12.8. The molecule has 0 fully saturated rings. The zero-order valence-electron chi connectivity index (χ0n) is 13.4. The van der Waals surface area contributed by atoms with E-state index in [1.54, 1.807) is 12.1 Å². The molecule has 3 N–H and O–H groups in total. The number of hydrogen-bond acceptors (Lipinski definition) is 4. The van der Waals surface area contributed by atoms with Crippen molar-refractivity contribution in [1.29, 1.82) is 0 Å². The number of oxazole rings is 1. The lowest BCUT2D eigenvalue weighted by atomic mass is 10.0. The number of carbonyl (C=O) groups excluding carboxylic acids is 1. The molecule has 0 radical (unpaired) electrons. The molecule has 0 spiro atoms. The van der Waals surface area contributed by atoms with Gasteiger partial charge in [0.05, 0.1) is 6.04 Å². The average Bonchev–Trinajstić information content (AvgIpc) is 2.98. The summed E-state index contributed by atoms with van der Waals surface area (Å²) in [4.78, 5) is 16.2. The molecule has 1 heterocycles. The number of rotatable bonds is 7. The van der Waals surface area contributed by atoms with E-state index in [1.807, 2.05) is 0 Å². The van der Waals surface area contributed by atoms with E-state index in [0.29, 0.717) is 24.8 Å². The van der Waals surface area contributed by atoms with Crippen molar-refractivity contribution in [2.45, 2.75) is 32.7 Å². The molecule has 1 aromatic carbocycles. The number of aromatic nitrogens is 1. The molecule has 0 bridgehead atoms. The first-order valence-corrected chi connectivity index (χ1v) is 7.69. The maximum atomic E-state index is 12.8. The van der Waals surface area contributed by atoms with Crippen molar-refractivity contribution in [1.82, 2.24) is 10.3 Å². The van der Waals surface area contributed by atoms with E-state index in [-0.39, 0.29) is 23.5 Å². The summed E-state index contributed by atoms with van der Waals surface area (Å²) in [7, 11) is 0. The summed E-state index contributed by atoms with van der Waals surface area (Å²) in [6, 6.07) is 5.88. The molecule has 23 heavy (non-hydrogen) atoms. The Morgan fingerprint density at radius 2 is 2.04 bits per heavy atom. The highest BCUT2D eigenvalue weighted by Crippen LogP contribution is 2.18. The van der Waals surface area contributed by atoms with Crippen LogP contribution in [0.5, 0.6) is 0 Å². The first-order valence-electron chi connectivity index (χ1n) is 7.69. The van der Waals surface area contributed by atoms with Crippen molar-refractivity contribution in [3.8, 4) is 0 Å². The number of hydrogen-bond donors (Lipinski definition) is 2. The fraction of sp³-hybridized carbons (Fsp3) is 0.412. The van der Waals surface area contributed by atoms with E-state index >= 15 is 0 Å². The Balaban J connectivity index is 1.84. The zero-order valence-corrected chi connectivity index (χ0v) is 13.4. The van der Waals surface area contributed by atoms with Crippen molar-refractivity contribution in [2.75, 3.05) is 6.54 Å². The second-order valence-electron chi connectivity index (χ2n) is 5.94. The van der Waals surface area contributed by atoms with Crippen LogP contribution in [-0.4, -0.2) is 17.4 Å². The standard InChI is InChI=1S/C17H22FN3O2/c1-11(2)9-14(19)17-21-15(10-23-17)16(22)20-8-7-12-3-5-13(18)6-4-12/h3-6,10-11,14H,7-9,19H2,1-2H3,(H,20,22). The predicted molar refractivity (Wildman–Crippen MR) is 85.3 cm³/mol. The highest BCUT2D eigenvalue weighted by atomic mass is 19.1. The Bertz CT molecular complexity index is 638. The van der Waals surface area contributed by atoms with Gasteiger partial charge in [0.25, 0.3) is 5.91 Å². The summed E-state index contributed by atoms with van der Waals surface area (Å²) >= 11 is 0. The summed E-state index contributed by atoms with van der Waals surface area (Å²) in [5.41, 5.74) is 7.15. The van der Waals surface area contributed by atoms with Crippen LogP contribution in [0.1, 0.15) is 48.3 Å². The first-order chi connectivity index (χ1) is 11.0. The number of nitrogens with zero attached hydrogens (tertiary/aromatic N) is 1. The average molecular weight is 319 g/mol. The van der Waals surface area contributed by atoms with Gasteiger partial charge in [0.15, 0.2) is 5.69 Å². The molecule has 1 atom stereocenters. The molecular formula is C17H22FN3O2. The van der Waals surface area contributed by atoms with Gasteiger partial charge < -0.3 is 15.5 Å². The van der Waals surface area contributed by atoms with Gasteiger partial charge in [0.1, 0.15) is 12.1 Å². The van der Waals surface area contributed by atoms with Gasteiger partial charge in [-0.3, -0.25) is 4.79 Å². The highest BCUT2D eigenvalue weighted by Gasteiger charge is 2.17. The van der Waals surface area contributed by atoms with Crippen molar-refractivity contribution < 1.29 is 13.6 Å². The van der Waals surface area contributed by atoms with Crippen LogP contribution in [-0.2, 0) is 6.42 Å². The molecule has 0 aliphatic rings. The normalized spacial score (nSPS) is 12.4. The van der Waals surface area contributed by atoms with E-state index < -0.39 is 0 Å².